The highest BCUT2D eigenvalue weighted by Crippen LogP contribution is 2.21. The van der Waals surface area contributed by atoms with Gasteiger partial charge in [-0.15, -0.1) is 0 Å². The van der Waals surface area contributed by atoms with Gasteiger partial charge in [0, 0.05) is 17.7 Å². The van der Waals surface area contributed by atoms with Crippen LogP contribution in [0, 0.1) is 27.4 Å². The van der Waals surface area contributed by atoms with Crippen molar-refractivity contribution in [3.8, 4) is 17.5 Å². The van der Waals surface area contributed by atoms with Crippen LogP contribution in [0.25, 0.3) is 5.69 Å². The van der Waals surface area contributed by atoms with Gasteiger partial charge < -0.3 is 0 Å². The number of aromatic nitrogens is 2. The molecule has 5 heteroatoms. The van der Waals surface area contributed by atoms with E-state index in [0.717, 1.165) is 5.56 Å². The van der Waals surface area contributed by atoms with Crippen LogP contribution in [0.15, 0.2) is 36.7 Å². The van der Waals surface area contributed by atoms with E-state index in [4.69, 9.17) is 0 Å². The predicted molar refractivity (Wildman–Crippen MR) is 76.6 cm³/mol. The van der Waals surface area contributed by atoms with Gasteiger partial charge in [0.15, 0.2) is 0 Å². The highest BCUT2D eigenvalue weighted by atomic mass is 16.6. The Balaban J connectivity index is 2.39. The summed E-state index contributed by atoms with van der Waals surface area (Å²) >= 11 is 0. The molecule has 1 aromatic heterocycles. The molecule has 0 spiro atoms. The monoisotopic (exact) mass is 269 g/mol. The van der Waals surface area contributed by atoms with Gasteiger partial charge in [-0.05, 0) is 26.8 Å². The summed E-state index contributed by atoms with van der Waals surface area (Å²) in [7, 11) is 0. The minimum Gasteiger partial charge on any atom is -0.258 e. The maximum absolute atomic E-state index is 11.0. The standard InChI is InChI=1S/C15H15N3O2/c1-15(2,3)9-8-12-10-16-17(11-12)13-6-4-5-7-14(13)18(19)20/h4-7,10-11H,1-3H3. The van der Waals surface area contributed by atoms with Gasteiger partial charge >= 0.3 is 0 Å². The minimum atomic E-state index is -0.419. The average molecular weight is 269 g/mol. The maximum atomic E-state index is 11.0. The fraction of sp³-hybridized carbons (Fsp3) is 0.267. The Hall–Kier alpha value is -2.61. The molecule has 2 rings (SSSR count). The zero-order chi connectivity index (χ0) is 14.8. The van der Waals surface area contributed by atoms with Crippen LogP contribution in [0.4, 0.5) is 5.69 Å². The van der Waals surface area contributed by atoms with Crippen molar-refractivity contribution in [2.24, 2.45) is 5.41 Å². The van der Waals surface area contributed by atoms with Crippen LogP contribution < -0.4 is 0 Å². The fourth-order valence-electron chi connectivity index (χ4n) is 1.59. The van der Waals surface area contributed by atoms with Crippen LogP contribution in [0.5, 0.6) is 0 Å². The topological polar surface area (TPSA) is 61.0 Å². The molecular formula is C15H15N3O2. The van der Waals surface area contributed by atoms with E-state index in [1.165, 1.54) is 10.7 Å². The van der Waals surface area contributed by atoms with E-state index in [0.29, 0.717) is 5.69 Å². The molecule has 0 atom stereocenters. The largest absolute Gasteiger partial charge is 0.294 e. The number of para-hydroxylation sites is 2. The third kappa shape index (κ3) is 3.23. The Bertz CT molecular complexity index is 700. The van der Waals surface area contributed by atoms with E-state index in [1.54, 1.807) is 30.6 Å². The molecule has 1 heterocycles. The molecule has 0 N–H and O–H groups in total. The maximum Gasteiger partial charge on any atom is 0.294 e. The normalized spacial score (nSPS) is 10.8. The molecule has 0 bridgehead atoms. The van der Waals surface area contributed by atoms with Crippen molar-refractivity contribution in [3.05, 3.63) is 52.3 Å². The van der Waals surface area contributed by atoms with Crippen LogP contribution in [-0.2, 0) is 0 Å². The van der Waals surface area contributed by atoms with Gasteiger partial charge in [0.05, 0.1) is 16.7 Å². The average Bonchev–Trinajstić information content (AvgIpc) is 2.84. The van der Waals surface area contributed by atoms with Gasteiger partial charge in [0.2, 0.25) is 0 Å². The Morgan fingerprint density at radius 1 is 1.30 bits per heavy atom. The SMILES string of the molecule is CC(C)(C)C#Cc1cnn(-c2ccccc2[N+](=O)[O-])c1. The zero-order valence-electron chi connectivity index (χ0n) is 11.6. The van der Waals surface area contributed by atoms with Crippen LogP contribution in [-0.4, -0.2) is 14.7 Å². The highest BCUT2D eigenvalue weighted by Gasteiger charge is 2.14. The summed E-state index contributed by atoms with van der Waals surface area (Å²) in [5, 5.41) is 15.1. The van der Waals surface area contributed by atoms with Crippen LogP contribution in [0.1, 0.15) is 26.3 Å². The van der Waals surface area contributed by atoms with Crippen molar-refractivity contribution in [3.63, 3.8) is 0 Å². The second-order valence-corrected chi connectivity index (χ2v) is 5.42. The van der Waals surface area contributed by atoms with Gasteiger partial charge in [-0.2, -0.15) is 5.10 Å². The van der Waals surface area contributed by atoms with Crippen LogP contribution in [0.2, 0.25) is 0 Å². The molecule has 0 fully saturated rings. The minimum absolute atomic E-state index is 0.0194. The third-order valence-corrected chi connectivity index (χ3v) is 2.49. The van der Waals surface area contributed by atoms with Crippen molar-refractivity contribution < 1.29 is 4.92 Å². The number of rotatable bonds is 2. The molecule has 2 aromatic rings. The van der Waals surface area contributed by atoms with E-state index in [-0.39, 0.29) is 11.1 Å². The number of benzene rings is 1. The lowest BCUT2D eigenvalue weighted by Crippen LogP contribution is -2.00. The molecule has 102 valence electrons. The lowest BCUT2D eigenvalue weighted by Gasteiger charge is -2.06. The van der Waals surface area contributed by atoms with E-state index in [1.807, 2.05) is 20.8 Å². The Morgan fingerprint density at radius 2 is 2.00 bits per heavy atom. The molecule has 0 aliphatic rings. The first-order chi connectivity index (χ1) is 9.37. The quantitative estimate of drug-likeness (QED) is 0.478. The molecule has 1 aromatic carbocycles. The van der Waals surface area contributed by atoms with Crippen LogP contribution in [0.3, 0.4) is 0 Å². The number of nitro groups is 1. The third-order valence-electron chi connectivity index (χ3n) is 2.49. The first-order valence-corrected chi connectivity index (χ1v) is 6.18. The molecule has 20 heavy (non-hydrogen) atoms. The van der Waals surface area contributed by atoms with E-state index < -0.39 is 4.92 Å². The van der Waals surface area contributed by atoms with Crippen molar-refractivity contribution in [1.29, 1.82) is 0 Å². The summed E-state index contributed by atoms with van der Waals surface area (Å²) < 4.78 is 1.48. The summed E-state index contributed by atoms with van der Waals surface area (Å²) in [6, 6.07) is 6.49. The molecule has 0 saturated heterocycles. The molecule has 0 saturated carbocycles. The van der Waals surface area contributed by atoms with Gasteiger partial charge in [0.25, 0.3) is 5.69 Å². The number of hydrogen-bond acceptors (Lipinski definition) is 3. The van der Waals surface area contributed by atoms with Crippen molar-refractivity contribution >= 4 is 5.69 Å². The summed E-state index contributed by atoms with van der Waals surface area (Å²) in [4.78, 5) is 10.6. The van der Waals surface area contributed by atoms with Gasteiger partial charge in [0.1, 0.15) is 5.69 Å². The second kappa shape index (κ2) is 5.17. The fourth-order valence-corrected chi connectivity index (χ4v) is 1.59. The number of nitro benzene ring substituents is 1. The molecule has 0 unspecified atom stereocenters. The summed E-state index contributed by atoms with van der Waals surface area (Å²) in [5.74, 6) is 6.12. The van der Waals surface area contributed by atoms with Gasteiger partial charge in [-0.3, -0.25) is 10.1 Å². The Labute approximate surface area is 117 Å². The van der Waals surface area contributed by atoms with Gasteiger partial charge in [-0.1, -0.05) is 24.0 Å². The predicted octanol–water partition coefficient (Wildman–Crippen LogP) is 3.18. The first kappa shape index (κ1) is 13.8. The zero-order valence-corrected chi connectivity index (χ0v) is 11.6. The molecule has 0 aliphatic carbocycles. The van der Waals surface area contributed by atoms with E-state index >= 15 is 0 Å². The van der Waals surface area contributed by atoms with E-state index in [2.05, 4.69) is 16.9 Å². The van der Waals surface area contributed by atoms with Gasteiger partial charge in [-0.25, -0.2) is 4.68 Å². The lowest BCUT2D eigenvalue weighted by atomic mass is 9.98. The lowest BCUT2D eigenvalue weighted by molar-refractivity contribution is -0.384. The molecule has 0 aliphatic heterocycles. The van der Waals surface area contributed by atoms with Crippen LogP contribution >= 0.6 is 0 Å². The first-order valence-electron chi connectivity index (χ1n) is 6.18. The van der Waals surface area contributed by atoms with E-state index in [9.17, 15) is 10.1 Å². The summed E-state index contributed by atoms with van der Waals surface area (Å²) in [6.45, 7) is 6.06. The van der Waals surface area contributed by atoms with Crippen molar-refractivity contribution in [2.45, 2.75) is 20.8 Å². The summed E-state index contributed by atoms with van der Waals surface area (Å²) in [6.07, 6.45) is 3.30. The Morgan fingerprint density at radius 3 is 2.65 bits per heavy atom. The number of nitrogens with zero attached hydrogens (tertiary/aromatic N) is 3. The molecule has 5 nitrogen and oxygen atoms in total. The van der Waals surface area contributed by atoms with Crippen molar-refractivity contribution in [1.82, 2.24) is 9.78 Å². The highest BCUT2D eigenvalue weighted by molar-refractivity contribution is 5.52. The molecule has 0 amide bonds. The molecule has 0 radical (unpaired) electrons. The van der Waals surface area contributed by atoms with Crippen molar-refractivity contribution in [2.75, 3.05) is 0 Å². The molecular weight excluding hydrogens is 254 g/mol. The second-order valence-electron chi connectivity index (χ2n) is 5.42. The smallest absolute Gasteiger partial charge is 0.258 e. The Kier molecular flexibility index (Phi) is 3.57. The number of hydrogen-bond donors (Lipinski definition) is 0. The summed E-state index contributed by atoms with van der Waals surface area (Å²) in [5.41, 5.74) is 1.09.